The van der Waals surface area contributed by atoms with E-state index in [2.05, 4.69) is 0 Å². The van der Waals surface area contributed by atoms with Crippen molar-refractivity contribution in [2.45, 2.75) is 4.21 Å². The average Bonchev–Trinajstić information content (AvgIpc) is 2.14. The van der Waals surface area contributed by atoms with E-state index in [1.54, 1.807) is 12.1 Å². The Morgan fingerprint density at radius 3 is 2.62 bits per heavy atom. The van der Waals surface area contributed by atoms with E-state index in [0.717, 1.165) is 4.21 Å². The molecule has 0 unspecified atom stereocenters. The van der Waals surface area contributed by atoms with Crippen LogP contribution in [-0.4, -0.2) is 0 Å². The van der Waals surface area contributed by atoms with Crippen LogP contribution in [0.15, 0.2) is 16.3 Å². The summed E-state index contributed by atoms with van der Waals surface area (Å²) in [6.45, 7) is 0. The molecular weight excluding hydrogens is 164 g/mol. The topological polar surface area (TPSA) is 17.1 Å². The third-order valence-corrected chi connectivity index (χ3v) is 2.41. The van der Waals surface area contributed by atoms with Crippen molar-refractivity contribution in [1.82, 2.24) is 0 Å². The van der Waals surface area contributed by atoms with Crippen LogP contribution in [0.4, 0.5) is 0 Å². The van der Waals surface area contributed by atoms with Gasteiger partial charge in [0.2, 0.25) is 0 Å². The van der Waals surface area contributed by atoms with Gasteiger partial charge in [-0.1, -0.05) is 22.9 Å². The summed E-state index contributed by atoms with van der Waals surface area (Å²) in [5.74, 6) is 0. The zero-order chi connectivity index (χ0) is 5.98. The van der Waals surface area contributed by atoms with Crippen molar-refractivity contribution >= 4 is 34.6 Å². The molecule has 1 aromatic rings. The van der Waals surface area contributed by atoms with Gasteiger partial charge in [-0.15, -0.1) is 0 Å². The predicted molar refractivity (Wildman–Crippen MR) is 35.6 cm³/mol. The predicted octanol–water partition coefficient (Wildman–Crippen LogP) is 2.19. The average molecular weight is 166 g/mol. The van der Waals surface area contributed by atoms with Gasteiger partial charge in [-0.05, 0) is 6.07 Å². The monoisotopic (exact) mass is 165 g/mol. The molecule has 0 fully saturated rings. The smallest absolute Gasteiger partial charge is 0.0723 e. The fraction of sp³-hybridized carbons (Fsp3) is 0. The third kappa shape index (κ3) is 1.24. The summed E-state index contributed by atoms with van der Waals surface area (Å²) in [5.41, 5.74) is 0. The van der Waals surface area contributed by atoms with E-state index in [1.807, 2.05) is 0 Å². The number of thiophene rings is 1. The van der Waals surface area contributed by atoms with Crippen molar-refractivity contribution < 1.29 is 4.21 Å². The SMILES string of the molecule is O=[S+]c1ccc(Cl)s1. The van der Waals surface area contributed by atoms with Gasteiger partial charge in [0.05, 0.1) is 4.34 Å². The molecule has 0 bridgehead atoms. The van der Waals surface area contributed by atoms with Crippen LogP contribution in [-0.2, 0) is 15.9 Å². The molecule has 42 valence electrons. The summed E-state index contributed by atoms with van der Waals surface area (Å²) >= 11 is 7.28. The molecule has 0 aromatic carbocycles. The Morgan fingerprint density at radius 1 is 1.62 bits per heavy atom. The van der Waals surface area contributed by atoms with E-state index < -0.39 is 0 Å². The summed E-state index contributed by atoms with van der Waals surface area (Å²) in [6, 6.07) is 3.43. The normalized spacial score (nSPS) is 9.12. The van der Waals surface area contributed by atoms with E-state index in [1.165, 1.54) is 11.3 Å². The van der Waals surface area contributed by atoms with Crippen LogP contribution in [0.2, 0.25) is 4.34 Å². The van der Waals surface area contributed by atoms with Gasteiger partial charge in [0, 0.05) is 10.3 Å². The van der Waals surface area contributed by atoms with Crippen LogP contribution in [0.5, 0.6) is 0 Å². The van der Waals surface area contributed by atoms with Crippen molar-refractivity contribution in [3.63, 3.8) is 0 Å². The number of rotatable bonds is 1. The maximum absolute atomic E-state index is 10.0. The molecule has 1 aromatic heterocycles. The Bertz CT molecular complexity index is 196. The lowest BCUT2D eigenvalue weighted by Crippen LogP contribution is -1.52. The fourth-order valence-electron chi connectivity index (χ4n) is 0.342. The van der Waals surface area contributed by atoms with Gasteiger partial charge < -0.3 is 0 Å². The molecule has 0 radical (unpaired) electrons. The van der Waals surface area contributed by atoms with Gasteiger partial charge in [-0.25, -0.2) is 0 Å². The first-order chi connectivity index (χ1) is 3.83. The Hall–Kier alpha value is 0.01000. The molecular formula is C4H2ClOS2+. The highest BCUT2D eigenvalue weighted by Crippen LogP contribution is 2.20. The lowest BCUT2D eigenvalue weighted by molar-refractivity contribution is 0.606. The molecule has 0 aliphatic carbocycles. The first-order valence-corrected chi connectivity index (χ1v) is 3.81. The zero-order valence-corrected chi connectivity index (χ0v) is 6.15. The second-order valence-electron chi connectivity index (χ2n) is 1.14. The van der Waals surface area contributed by atoms with Gasteiger partial charge in [0.25, 0.3) is 0 Å². The van der Waals surface area contributed by atoms with Gasteiger partial charge in [0.1, 0.15) is 0 Å². The van der Waals surface area contributed by atoms with Crippen molar-refractivity contribution in [2.24, 2.45) is 0 Å². The summed E-state index contributed by atoms with van der Waals surface area (Å²) in [6.07, 6.45) is 0. The Morgan fingerprint density at radius 2 is 2.38 bits per heavy atom. The molecule has 0 N–H and O–H groups in total. The van der Waals surface area contributed by atoms with Crippen LogP contribution in [0, 0.1) is 0 Å². The first kappa shape index (κ1) is 6.13. The van der Waals surface area contributed by atoms with Crippen molar-refractivity contribution in [1.29, 1.82) is 0 Å². The van der Waals surface area contributed by atoms with E-state index in [0.29, 0.717) is 16.0 Å². The van der Waals surface area contributed by atoms with E-state index in [4.69, 9.17) is 11.6 Å². The van der Waals surface area contributed by atoms with Crippen molar-refractivity contribution in [3.8, 4) is 0 Å². The molecule has 1 nitrogen and oxygen atoms in total. The van der Waals surface area contributed by atoms with E-state index in [-0.39, 0.29) is 0 Å². The lowest BCUT2D eigenvalue weighted by atomic mass is 10.7. The number of hydrogen-bond acceptors (Lipinski definition) is 2. The highest BCUT2D eigenvalue weighted by molar-refractivity contribution is 7.69. The van der Waals surface area contributed by atoms with Crippen LogP contribution >= 0.6 is 22.9 Å². The molecule has 1 rings (SSSR count). The van der Waals surface area contributed by atoms with Crippen LogP contribution in [0.3, 0.4) is 0 Å². The molecule has 0 saturated carbocycles. The quantitative estimate of drug-likeness (QED) is 0.583. The maximum atomic E-state index is 10.0. The van der Waals surface area contributed by atoms with Crippen LogP contribution < -0.4 is 0 Å². The molecule has 0 atom stereocenters. The Kier molecular flexibility index (Phi) is 1.94. The van der Waals surface area contributed by atoms with E-state index >= 15 is 0 Å². The second-order valence-corrected chi connectivity index (χ2v) is 3.72. The molecule has 0 aliphatic rings. The van der Waals surface area contributed by atoms with Gasteiger partial charge in [-0.2, -0.15) is 0 Å². The zero-order valence-electron chi connectivity index (χ0n) is 3.76. The highest BCUT2D eigenvalue weighted by Gasteiger charge is 2.07. The molecule has 1 heterocycles. The minimum absolute atomic E-state index is 0.474. The molecule has 0 amide bonds. The molecule has 0 spiro atoms. The molecule has 8 heavy (non-hydrogen) atoms. The van der Waals surface area contributed by atoms with E-state index in [9.17, 15) is 4.21 Å². The van der Waals surface area contributed by atoms with Gasteiger partial charge >= 0.3 is 15.9 Å². The molecule has 0 aliphatic heterocycles. The number of halogens is 1. The van der Waals surface area contributed by atoms with Crippen molar-refractivity contribution in [3.05, 3.63) is 16.5 Å². The maximum Gasteiger partial charge on any atom is 0.517 e. The summed E-state index contributed by atoms with van der Waals surface area (Å²) in [7, 11) is 0. The standard InChI is InChI=1S/C4H2ClOS2/c5-3-1-2-4(7-3)8-6/h1-2H/q+1. The third-order valence-electron chi connectivity index (χ3n) is 0.631. The molecule has 0 saturated heterocycles. The Balaban J connectivity index is 3.00. The minimum atomic E-state index is 0.474. The van der Waals surface area contributed by atoms with Crippen LogP contribution in [0.25, 0.3) is 0 Å². The van der Waals surface area contributed by atoms with Crippen molar-refractivity contribution in [2.75, 3.05) is 0 Å². The minimum Gasteiger partial charge on any atom is -0.0723 e. The summed E-state index contributed by atoms with van der Waals surface area (Å²) < 4.78 is 11.4. The molecule has 4 heteroatoms. The lowest BCUT2D eigenvalue weighted by Gasteiger charge is -1.60. The highest BCUT2D eigenvalue weighted by atomic mass is 35.5. The van der Waals surface area contributed by atoms with Gasteiger partial charge in [-0.3, -0.25) is 0 Å². The largest absolute Gasteiger partial charge is 0.517 e. The van der Waals surface area contributed by atoms with Crippen LogP contribution in [0.1, 0.15) is 0 Å². The number of hydrogen-bond donors (Lipinski definition) is 0. The van der Waals surface area contributed by atoms with Gasteiger partial charge in [0.15, 0.2) is 0 Å². The summed E-state index contributed by atoms with van der Waals surface area (Å²) in [5, 5.41) is 0. The summed E-state index contributed by atoms with van der Waals surface area (Å²) in [4.78, 5) is 0. The first-order valence-electron chi connectivity index (χ1n) is 1.88. The fourth-order valence-corrected chi connectivity index (χ4v) is 1.79. The Labute approximate surface area is 59.8 Å². The second kappa shape index (κ2) is 2.53.